The number of nitrogens with two attached hydrogens (primary N) is 1. The van der Waals surface area contributed by atoms with Crippen LogP contribution in [0.4, 0.5) is 8.78 Å². The zero-order valence-corrected chi connectivity index (χ0v) is 11.5. The van der Waals surface area contributed by atoms with Crippen LogP contribution in [0.1, 0.15) is 22.7 Å². The van der Waals surface area contributed by atoms with E-state index in [4.69, 9.17) is 5.73 Å². The highest BCUT2D eigenvalue weighted by Gasteiger charge is 2.20. The van der Waals surface area contributed by atoms with Crippen LogP contribution in [-0.4, -0.2) is 4.98 Å². The molecule has 4 heteroatoms. The van der Waals surface area contributed by atoms with Crippen molar-refractivity contribution in [3.8, 4) is 0 Å². The highest BCUT2D eigenvalue weighted by Crippen LogP contribution is 2.28. The van der Waals surface area contributed by atoms with Crippen LogP contribution in [-0.2, 0) is 0 Å². The van der Waals surface area contributed by atoms with Gasteiger partial charge in [-0.15, -0.1) is 0 Å². The molecule has 0 saturated heterocycles. The molecule has 1 unspecified atom stereocenters. The molecule has 2 aromatic carbocycles. The lowest BCUT2D eigenvalue weighted by atomic mass is 9.96. The smallest absolute Gasteiger partial charge is 0.134 e. The van der Waals surface area contributed by atoms with E-state index >= 15 is 0 Å². The molecule has 0 bridgehead atoms. The molecule has 1 heterocycles. The second kappa shape index (κ2) is 5.22. The van der Waals surface area contributed by atoms with Gasteiger partial charge in [0.15, 0.2) is 0 Å². The number of rotatable bonds is 2. The lowest BCUT2D eigenvalue weighted by molar-refractivity contribution is 0.538. The molecule has 0 saturated carbocycles. The van der Waals surface area contributed by atoms with Crippen LogP contribution in [0, 0.1) is 18.6 Å². The van der Waals surface area contributed by atoms with Crippen LogP contribution in [0.3, 0.4) is 0 Å². The van der Waals surface area contributed by atoms with Gasteiger partial charge in [0.25, 0.3) is 0 Å². The highest BCUT2D eigenvalue weighted by atomic mass is 19.1. The first-order valence-electron chi connectivity index (χ1n) is 6.62. The quantitative estimate of drug-likeness (QED) is 0.776. The monoisotopic (exact) mass is 284 g/mol. The Morgan fingerprint density at radius 1 is 1.10 bits per heavy atom. The first-order chi connectivity index (χ1) is 10.1. The number of nitrogens with zero attached hydrogens (tertiary/aromatic N) is 1. The van der Waals surface area contributed by atoms with Crippen LogP contribution in [0.25, 0.3) is 10.9 Å². The Kier molecular flexibility index (Phi) is 3.39. The van der Waals surface area contributed by atoms with Gasteiger partial charge in [-0.2, -0.15) is 0 Å². The third kappa shape index (κ3) is 2.38. The molecule has 0 fully saturated rings. The molecule has 3 rings (SSSR count). The van der Waals surface area contributed by atoms with Gasteiger partial charge >= 0.3 is 0 Å². The van der Waals surface area contributed by atoms with Gasteiger partial charge in [0, 0.05) is 17.1 Å². The number of hydrogen-bond donors (Lipinski definition) is 1. The van der Waals surface area contributed by atoms with E-state index in [1.165, 1.54) is 12.1 Å². The van der Waals surface area contributed by atoms with E-state index in [0.717, 1.165) is 10.9 Å². The summed E-state index contributed by atoms with van der Waals surface area (Å²) in [5, 5.41) is 0.888. The van der Waals surface area contributed by atoms with Gasteiger partial charge in [0.1, 0.15) is 11.6 Å². The molecule has 1 atom stereocenters. The number of pyridine rings is 1. The Labute approximate surface area is 121 Å². The molecular weight excluding hydrogens is 270 g/mol. The Bertz CT molecular complexity index is 815. The second-order valence-electron chi connectivity index (χ2n) is 5.03. The van der Waals surface area contributed by atoms with Crippen molar-refractivity contribution in [1.29, 1.82) is 0 Å². The molecule has 0 amide bonds. The van der Waals surface area contributed by atoms with Gasteiger partial charge < -0.3 is 5.73 Å². The summed E-state index contributed by atoms with van der Waals surface area (Å²) in [5.74, 6) is -1.22. The van der Waals surface area contributed by atoms with Crippen molar-refractivity contribution >= 4 is 10.9 Å². The van der Waals surface area contributed by atoms with Crippen molar-refractivity contribution < 1.29 is 8.78 Å². The van der Waals surface area contributed by atoms with Crippen LogP contribution >= 0.6 is 0 Å². The number of hydrogen-bond acceptors (Lipinski definition) is 2. The zero-order valence-electron chi connectivity index (χ0n) is 11.5. The van der Waals surface area contributed by atoms with Crippen molar-refractivity contribution in [3.05, 3.63) is 77.0 Å². The summed E-state index contributed by atoms with van der Waals surface area (Å²) in [7, 11) is 0. The van der Waals surface area contributed by atoms with Crippen LogP contribution in [0.5, 0.6) is 0 Å². The summed E-state index contributed by atoms with van der Waals surface area (Å²) in [4.78, 5) is 4.21. The number of halogens is 2. The van der Waals surface area contributed by atoms with Crippen molar-refractivity contribution in [2.45, 2.75) is 13.0 Å². The van der Waals surface area contributed by atoms with E-state index in [-0.39, 0.29) is 5.56 Å². The third-order valence-electron chi connectivity index (χ3n) is 3.62. The molecule has 0 aliphatic carbocycles. The van der Waals surface area contributed by atoms with Gasteiger partial charge in [-0.25, -0.2) is 8.78 Å². The minimum Gasteiger partial charge on any atom is -0.320 e. The zero-order chi connectivity index (χ0) is 15.0. The number of aromatic nitrogens is 1. The second-order valence-corrected chi connectivity index (χ2v) is 5.03. The van der Waals surface area contributed by atoms with Gasteiger partial charge in [0.05, 0.1) is 11.6 Å². The lowest BCUT2D eigenvalue weighted by Crippen LogP contribution is -2.16. The van der Waals surface area contributed by atoms with E-state index in [1.807, 2.05) is 18.2 Å². The number of benzene rings is 2. The summed E-state index contributed by atoms with van der Waals surface area (Å²) >= 11 is 0. The predicted molar refractivity (Wildman–Crippen MR) is 78.9 cm³/mol. The number of aryl methyl sites for hydroxylation is 1. The fourth-order valence-corrected chi connectivity index (χ4v) is 2.42. The van der Waals surface area contributed by atoms with Crippen LogP contribution in [0.15, 0.2) is 48.7 Å². The molecule has 0 aliphatic rings. The highest BCUT2D eigenvalue weighted by molar-refractivity contribution is 5.79. The normalized spacial score (nSPS) is 12.6. The van der Waals surface area contributed by atoms with Crippen molar-refractivity contribution in [1.82, 2.24) is 4.98 Å². The average Bonchev–Trinajstić information content (AvgIpc) is 2.51. The Hall–Kier alpha value is -2.33. The molecule has 106 valence electrons. The molecule has 21 heavy (non-hydrogen) atoms. The Morgan fingerprint density at radius 3 is 2.71 bits per heavy atom. The molecule has 0 aliphatic heterocycles. The molecule has 2 nitrogen and oxygen atoms in total. The molecule has 3 aromatic rings. The SMILES string of the molecule is Cc1ccc(F)c(C(N)c2ccc3ncccc3c2)c1F. The third-order valence-corrected chi connectivity index (χ3v) is 3.62. The maximum atomic E-state index is 14.2. The van der Waals surface area contributed by atoms with Crippen molar-refractivity contribution in [3.63, 3.8) is 0 Å². The summed E-state index contributed by atoms with van der Waals surface area (Å²) in [6, 6.07) is 10.9. The van der Waals surface area contributed by atoms with Crippen molar-refractivity contribution in [2.24, 2.45) is 5.73 Å². The van der Waals surface area contributed by atoms with Gasteiger partial charge in [-0.1, -0.05) is 18.2 Å². The van der Waals surface area contributed by atoms with E-state index < -0.39 is 17.7 Å². The molecule has 0 spiro atoms. The maximum Gasteiger partial charge on any atom is 0.134 e. The Morgan fingerprint density at radius 2 is 1.90 bits per heavy atom. The van der Waals surface area contributed by atoms with Crippen molar-refractivity contribution in [2.75, 3.05) is 0 Å². The summed E-state index contributed by atoms with van der Waals surface area (Å²) < 4.78 is 28.1. The standard InChI is InChI=1S/C17H14F2N2/c1-10-4-6-13(18)15(16(10)19)17(20)12-5-7-14-11(9-12)3-2-8-21-14/h2-9,17H,20H2,1H3. The van der Waals surface area contributed by atoms with Gasteiger partial charge in [-0.05, 0) is 42.3 Å². The Balaban J connectivity index is 2.12. The van der Waals surface area contributed by atoms with E-state index in [0.29, 0.717) is 11.1 Å². The van der Waals surface area contributed by atoms with Crippen LogP contribution in [0.2, 0.25) is 0 Å². The van der Waals surface area contributed by atoms with E-state index in [2.05, 4.69) is 4.98 Å². The summed E-state index contributed by atoms with van der Waals surface area (Å²) in [6.07, 6.45) is 1.70. The number of fused-ring (bicyclic) bond motifs is 1. The average molecular weight is 284 g/mol. The fourth-order valence-electron chi connectivity index (χ4n) is 2.42. The minimum atomic E-state index is -0.852. The topological polar surface area (TPSA) is 38.9 Å². The fraction of sp³-hybridized carbons (Fsp3) is 0.118. The summed E-state index contributed by atoms with van der Waals surface area (Å²) in [5.41, 5.74) is 7.83. The maximum absolute atomic E-state index is 14.2. The first kappa shape index (κ1) is 13.6. The van der Waals surface area contributed by atoms with Gasteiger partial charge in [-0.3, -0.25) is 4.98 Å². The molecule has 2 N–H and O–H groups in total. The molecular formula is C17H14F2N2. The van der Waals surface area contributed by atoms with E-state index in [1.54, 1.807) is 25.3 Å². The lowest BCUT2D eigenvalue weighted by Gasteiger charge is -2.16. The first-order valence-corrected chi connectivity index (χ1v) is 6.62. The van der Waals surface area contributed by atoms with E-state index in [9.17, 15) is 8.78 Å². The molecule has 1 aromatic heterocycles. The van der Waals surface area contributed by atoms with Crippen LogP contribution < -0.4 is 5.73 Å². The largest absolute Gasteiger partial charge is 0.320 e. The van der Waals surface area contributed by atoms with Gasteiger partial charge in [0.2, 0.25) is 0 Å². The summed E-state index contributed by atoms with van der Waals surface area (Å²) in [6.45, 7) is 1.59. The minimum absolute atomic E-state index is 0.0989. The molecule has 0 radical (unpaired) electrons. The predicted octanol–water partition coefficient (Wildman–Crippen LogP) is 3.87.